The van der Waals surface area contributed by atoms with Gasteiger partial charge in [0.05, 0.1) is 5.56 Å². The number of hydrogen-bond donors (Lipinski definition) is 0. The summed E-state index contributed by atoms with van der Waals surface area (Å²) in [7, 11) is 0. The Labute approximate surface area is 143 Å². The first-order valence-corrected chi connectivity index (χ1v) is 7.89. The Bertz CT molecular complexity index is 936. The van der Waals surface area contributed by atoms with Crippen LogP contribution in [0.2, 0.25) is 5.02 Å². The Morgan fingerprint density at radius 2 is 1.67 bits per heavy atom. The minimum Gasteiger partial charge on any atom is -0.486 e. The second kappa shape index (κ2) is 6.06. The van der Waals surface area contributed by atoms with Gasteiger partial charge in [0.25, 0.3) is 0 Å². The van der Waals surface area contributed by atoms with Crippen LogP contribution in [0.1, 0.15) is 10.4 Å². The Hall–Kier alpha value is -2.72. The molecule has 0 unspecified atom stereocenters. The summed E-state index contributed by atoms with van der Waals surface area (Å²) >= 11 is 6.19. The molecule has 3 aromatic rings. The highest BCUT2D eigenvalue weighted by Crippen LogP contribution is 2.33. The van der Waals surface area contributed by atoms with Gasteiger partial charge in [0, 0.05) is 15.8 Å². The van der Waals surface area contributed by atoms with Crippen LogP contribution in [0.15, 0.2) is 54.6 Å². The Morgan fingerprint density at radius 1 is 0.917 bits per heavy atom. The number of carbonyl (C=O) groups is 1. The molecule has 0 atom stereocenters. The third-order valence-corrected chi connectivity index (χ3v) is 4.14. The lowest BCUT2D eigenvalue weighted by atomic mass is 10.1. The zero-order valence-electron chi connectivity index (χ0n) is 12.6. The van der Waals surface area contributed by atoms with E-state index in [0.717, 1.165) is 10.8 Å². The average Bonchev–Trinajstić information content (AvgIpc) is 2.64. The second-order valence-corrected chi connectivity index (χ2v) is 5.75. The van der Waals surface area contributed by atoms with E-state index in [0.29, 0.717) is 41.0 Å². The van der Waals surface area contributed by atoms with Gasteiger partial charge in [-0.3, -0.25) is 0 Å². The fourth-order valence-corrected chi connectivity index (χ4v) is 2.88. The number of benzene rings is 3. The molecule has 120 valence electrons. The summed E-state index contributed by atoms with van der Waals surface area (Å²) in [5.74, 6) is 1.20. The molecule has 0 aliphatic carbocycles. The molecule has 0 aromatic heterocycles. The van der Waals surface area contributed by atoms with Crippen molar-refractivity contribution in [2.45, 2.75) is 0 Å². The smallest absolute Gasteiger partial charge is 0.343 e. The van der Waals surface area contributed by atoms with E-state index in [1.165, 1.54) is 0 Å². The quantitative estimate of drug-likeness (QED) is 0.509. The van der Waals surface area contributed by atoms with E-state index < -0.39 is 5.97 Å². The lowest BCUT2D eigenvalue weighted by Crippen LogP contribution is -2.16. The van der Waals surface area contributed by atoms with Gasteiger partial charge in [0.15, 0.2) is 11.5 Å². The molecule has 0 N–H and O–H groups in total. The van der Waals surface area contributed by atoms with Crippen LogP contribution in [0.3, 0.4) is 0 Å². The summed E-state index contributed by atoms with van der Waals surface area (Å²) in [6.07, 6.45) is 0. The summed E-state index contributed by atoms with van der Waals surface area (Å²) in [5, 5.41) is 2.24. The van der Waals surface area contributed by atoms with Crippen molar-refractivity contribution >= 4 is 28.3 Å². The summed E-state index contributed by atoms with van der Waals surface area (Å²) < 4.78 is 16.5. The van der Waals surface area contributed by atoms with Crippen LogP contribution < -0.4 is 14.2 Å². The molecule has 1 aliphatic heterocycles. The predicted octanol–water partition coefficient (Wildman–Crippen LogP) is 4.48. The van der Waals surface area contributed by atoms with Crippen LogP contribution in [0, 0.1) is 0 Å². The van der Waals surface area contributed by atoms with Gasteiger partial charge < -0.3 is 14.2 Å². The van der Waals surface area contributed by atoms with E-state index in [2.05, 4.69) is 0 Å². The number of fused-ring (bicyclic) bond motifs is 2. The predicted molar refractivity (Wildman–Crippen MR) is 91.3 cm³/mol. The molecule has 0 bridgehead atoms. The SMILES string of the molecule is O=C(Oc1ccc(Cl)c2ccccc12)c1ccc2c(c1)OCCO2. The number of carbonyl (C=O) groups excluding carboxylic acids is 1. The number of rotatable bonds is 2. The van der Waals surface area contributed by atoms with Crippen molar-refractivity contribution in [3.8, 4) is 17.2 Å². The van der Waals surface area contributed by atoms with Gasteiger partial charge in [0.2, 0.25) is 0 Å². The monoisotopic (exact) mass is 340 g/mol. The zero-order chi connectivity index (χ0) is 16.5. The molecule has 1 aliphatic rings. The molecule has 0 amide bonds. The highest BCUT2D eigenvalue weighted by Gasteiger charge is 2.17. The van der Waals surface area contributed by atoms with Crippen molar-refractivity contribution in [2.75, 3.05) is 13.2 Å². The van der Waals surface area contributed by atoms with E-state index in [9.17, 15) is 4.79 Å². The summed E-state index contributed by atoms with van der Waals surface area (Å²) in [6, 6.07) is 15.9. The van der Waals surface area contributed by atoms with Gasteiger partial charge in [-0.25, -0.2) is 4.79 Å². The molecule has 1 heterocycles. The largest absolute Gasteiger partial charge is 0.486 e. The van der Waals surface area contributed by atoms with Crippen LogP contribution in [0.4, 0.5) is 0 Å². The second-order valence-electron chi connectivity index (χ2n) is 5.34. The lowest BCUT2D eigenvalue weighted by molar-refractivity contribution is 0.0736. The van der Waals surface area contributed by atoms with Crippen molar-refractivity contribution in [2.24, 2.45) is 0 Å². The Kier molecular flexibility index (Phi) is 3.75. The van der Waals surface area contributed by atoms with Crippen molar-refractivity contribution < 1.29 is 19.0 Å². The molecular weight excluding hydrogens is 328 g/mol. The van der Waals surface area contributed by atoms with Crippen LogP contribution in [-0.2, 0) is 0 Å². The van der Waals surface area contributed by atoms with Crippen molar-refractivity contribution in [3.63, 3.8) is 0 Å². The van der Waals surface area contributed by atoms with E-state index >= 15 is 0 Å². The van der Waals surface area contributed by atoms with Gasteiger partial charge in [0.1, 0.15) is 19.0 Å². The average molecular weight is 341 g/mol. The maximum atomic E-state index is 12.5. The molecule has 0 fully saturated rings. The summed E-state index contributed by atoms with van der Waals surface area (Å²) in [5.41, 5.74) is 0.401. The number of hydrogen-bond acceptors (Lipinski definition) is 4. The minimum absolute atomic E-state index is 0.401. The highest BCUT2D eigenvalue weighted by molar-refractivity contribution is 6.35. The standard InChI is InChI=1S/C19H13ClO4/c20-15-6-8-16(14-4-2-1-3-13(14)15)24-19(21)12-5-7-17-18(11-12)23-10-9-22-17/h1-8,11H,9-10H2. The molecule has 3 aromatic carbocycles. The number of esters is 1. The van der Waals surface area contributed by atoms with Gasteiger partial charge in [-0.15, -0.1) is 0 Å². The van der Waals surface area contributed by atoms with E-state index in [4.69, 9.17) is 25.8 Å². The molecule has 4 rings (SSSR count). The fraction of sp³-hybridized carbons (Fsp3) is 0.105. The topological polar surface area (TPSA) is 44.8 Å². The van der Waals surface area contributed by atoms with Crippen LogP contribution >= 0.6 is 11.6 Å². The maximum absolute atomic E-state index is 12.5. The van der Waals surface area contributed by atoms with Crippen molar-refractivity contribution in [1.29, 1.82) is 0 Å². The highest BCUT2D eigenvalue weighted by atomic mass is 35.5. The van der Waals surface area contributed by atoms with Crippen molar-refractivity contribution in [1.82, 2.24) is 0 Å². The van der Waals surface area contributed by atoms with Gasteiger partial charge in [-0.1, -0.05) is 35.9 Å². The van der Waals surface area contributed by atoms with Gasteiger partial charge in [-0.2, -0.15) is 0 Å². The minimum atomic E-state index is -0.459. The van der Waals surface area contributed by atoms with Gasteiger partial charge in [-0.05, 0) is 30.3 Å². The number of ether oxygens (including phenoxy) is 3. The molecule has 0 saturated carbocycles. The normalized spacial score (nSPS) is 12.9. The Morgan fingerprint density at radius 3 is 2.50 bits per heavy atom. The molecule has 24 heavy (non-hydrogen) atoms. The van der Waals surface area contributed by atoms with Crippen molar-refractivity contribution in [3.05, 3.63) is 65.2 Å². The molecule has 5 heteroatoms. The molecule has 0 saturated heterocycles. The first-order valence-electron chi connectivity index (χ1n) is 7.51. The van der Waals surface area contributed by atoms with E-state index in [-0.39, 0.29) is 0 Å². The first-order chi connectivity index (χ1) is 11.7. The van der Waals surface area contributed by atoms with E-state index in [1.54, 1.807) is 30.3 Å². The van der Waals surface area contributed by atoms with Crippen LogP contribution in [0.25, 0.3) is 10.8 Å². The van der Waals surface area contributed by atoms with Gasteiger partial charge >= 0.3 is 5.97 Å². The van der Waals surface area contributed by atoms with E-state index in [1.807, 2.05) is 24.3 Å². The van der Waals surface area contributed by atoms with Crippen LogP contribution in [0.5, 0.6) is 17.2 Å². The summed E-state index contributed by atoms with van der Waals surface area (Å²) in [4.78, 5) is 12.5. The number of halogens is 1. The third-order valence-electron chi connectivity index (χ3n) is 3.81. The molecular formula is C19H13ClO4. The maximum Gasteiger partial charge on any atom is 0.343 e. The Balaban J connectivity index is 1.66. The molecule has 0 spiro atoms. The zero-order valence-corrected chi connectivity index (χ0v) is 13.4. The lowest BCUT2D eigenvalue weighted by Gasteiger charge is -2.18. The molecule has 4 nitrogen and oxygen atoms in total. The molecule has 0 radical (unpaired) electrons. The summed E-state index contributed by atoms with van der Waals surface area (Å²) in [6.45, 7) is 0.973. The van der Waals surface area contributed by atoms with Crippen LogP contribution in [-0.4, -0.2) is 19.2 Å². The first kappa shape index (κ1) is 14.8. The third kappa shape index (κ3) is 2.65. The fourth-order valence-electron chi connectivity index (χ4n) is 2.65.